The van der Waals surface area contributed by atoms with Gasteiger partial charge in [0, 0.05) is 47.6 Å². The number of likely N-dealkylation sites (tertiary alicyclic amines) is 1. The minimum atomic E-state index is -0.0947. The number of halogens is 1. The molecule has 5 nitrogen and oxygen atoms in total. The fourth-order valence-corrected chi connectivity index (χ4v) is 3.60. The number of carbonyl (C=O) groups excluding carboxylic acids is 2. The van der Waals surface area contributed by atoms with E-state index in [-0.39, 0.29) is 17.7 Å². The van der Waals surface area contributed by atoms with E-state index in [4.69, 9.17) is 0 Å². The molecule has 2 amide bonds. The van der Waals surface area contributed by atoms with Crippen LogP contribution in [0.5, 0.6) is 0 Å². The summed E-state index contributed by atoms with van der Waals surface area (Å²) < 4.78 is 0.900. The smallest absolute Gasteiger partial charge is 0.253 e. The third kappa shape index (κ3) is 3.42. The molecule has 2 N–H and O–H groups in total. The number of nitrogens with one attached hydrogen (secondary N) is 2. The Kier molecular flexibility index (Phi) is 4.71. The van der Waals surface area contributed by atoms with Crippen LogP contribution in [0, 0.1) is 5.92 Å². The van der Waals surface area contributed by atoms with Crippen molar-refractivity contribution >= 4 is 38.6 Å². The zero-order valence-corrected chi connectivity index (χ0v) is 14.6. The molecule has 0 radical (unpaired) electrons. The highest BCUT2D eigenvalue weighted by molar-refractivity contribution is 9.10. The third-order valence-corrected chi connectivity index (χ3v) is 4.87. The van der Waals surface area contributed by atoms with Crippen LogP contribution in [0.2, 0.25) is 0 Å². The van der Waals surface area contributed by atoms with Crippen LogP contribution in [0.15, 0.2) is 28.9 Å². The van der Waals surface area contributed by atoms with E-state index >= 15 is 0 Å². The summed E-state index contributed by atoms with van der Waals surface area (Å²) in [6.07, 6.45) is 3.34. The van der Waals surface area contributed by atoms with Crippen LogP contribution in [0.3, 0.4) is 0 Å². The Hall–Kier alpha value is -1.82. The normalized spacial score (nSPS) is 16.1. The van der Waals surface area contributed by atoms with Crippen molar-refractivity contribution in [3.05, 3.63) is 34.4 Å². The molecule has 1 atom stereocenters. The molecule has 1 unspecified atom stereocenters. The van der Waals surface area contributed by atoms with Crippen molar-refractivity contribution in [1.29, 1.82) is 0 Å². The van der Waals surface area contributed by atoms with Crippen molar-refractivity contribution in [2.75, 3.05) is 19.6 Å². The van der Waals surface area contributed by atoms with E-state index in [1.807, 2.05) is 23.1 Å². The predicted molar refractivity (Wildman–Crippen MR) is 93.3 cm³/mol. The number of nitrogens with zero attached hydrogens (tertiary/aromatic N) is 1. The van der Waals surface area contributed by atoms with E-state index in [1.165, 1.54) is 0 Å². The number of amides is 2. The average Bonchev–Trinajstić information content (AvgIpc) is 3.13. The van der Waals surface area contributed by atoms with Gasteiger partial charge in [0.15, 0.2) is 0 Å². The van der Waals surface area contributed by atoms with Gasteiger partial charge in [-0.3, -0.25) is 9.59 Å². The number of carbonyl (C=O) groups is 2. The first-order chi connectivity index (χ1) is 11.1. The number of rotatable bonds is 5. The van der Waals surface area contributed by atoms with Gasteiger partial charge >= 0.3 is 0 Å². The van der Waals surface area contributed by atoms with Gasteiger partial charge in [-0.1, -0.05) is 28.9 Å². The van der Waals surface area contributed by atoms with Crippen LogP contribution in [-0.2, 0) is 4.79 Å². The molecule has 2 aromatic rings. The van der Waals surface area contributed by atoms with E-state index in [0.29, 0.717) is 25.1 Å². The topological polar surface area (TPSA) is 65.2 Å². The summed E-state index contributed by atoms with van der Waals surface area (Å²) in [5, 5.41) is 3.87. The van der Waals surface area contributed by atoms with Crippen molar-refractivity contribution in [3.8, 4) is 0 Å². The number of hydrogen-bond acceptors (Lipinski definition) is 2. The molecular weight excluding hydrogens is 358 g/mol. The minimum absolute atomic E-state index is 0.0947. The van der Waals surface area contributed by atoms with Crippen molar-refractivity contribution in [2.24, 2.45) is 5.92 Å². The summed E-state index contributed by atoms with van der Waals surface area (Å²) in [7, 11) is 0. The summed E-state index contributed by atoms with van der Waals surface area (Å²) in [6.45, 7) is 4.15. The van der Waals surface area contributed by atoms with Crippen LogP contribution in [0.25, 0.3) is 10.9 Å². The maximum absolute atomic E-state index is 12.4. The molecule has 1 aromatic carbocycles. The first-order valence-electron chi connectivity index (χ1n) is 7.88. The minimum Gasteiger partial charge on any atom is -0.360 e. The van der Waals surface area contributed by atoms with Crippen LogP contribution in [-0.4, -0.2) is 41.3 Å². The van der Waals surface area contributed by atoms with Gasteiger partial charge in [-0.15, -0.1) is 0 Å². The number of hydrogen-bond donors (Lipinski definition) is 2. The molecule has 2 heterocycles. The Morgan fingerprint density at radius 1 is 1.48 bits per heavy atom. The second-order valence-electron chi connectivity index (χ2n) is 6.12. The fraction of sp³-hybridized carbons (Fsp3) is 0.412. The average molecular weight is 378 g/mol. The lowest BCUT2D eigenvalue weighted by molar-refractivity contribution is -0.128. The SMILES string of the molecule is CC(CNC(=O)c1c[nH]c2cccc(Br)c12)CN1CCCC1=O. The number of aromatic amines is 1. The number of benzene rings is 1. The van der Waals surface area contributed by atoms with E-state index in [0.717, 1.165) is 28.3 Å². The van der Waals surface area contributed by atoms with Gasteiger partial charge in [0.05, 0.1) is 5.56 Å². The summed E-state index contributed by atoms with van der Waals surface area (Å²) >= 11 is 3.50. The molecule has 1 saturated heterocycles. The Morgan fingerprint density at radius 2 is 2.30 bits per heavy atom. The van der Waals surface area contributed by atoms with Crippen molar-refractivity contribution in [1.82, 2.24) is 15.2 Å². The maximum Gasteiger partial charge on any atom is 0.253 e. The standard InChI is InChI=1S/C17H20BrN3O2/c1-11(10-21-7-3-6-15(21)22)8-20-17(23)12-9-19-14-5-2-4-13(18)16(12)14/h2,4-5,9,11,19H,3,6-8,10H2,1H3,(H,20,23). The molecule has 1 aromatic heterocycles. The molecule has 1 aliphatic heterocycles. The second-order valence-corrected chi connectivity index (χ2v) is 6.98. The van der Waals surface area contributed by atoms with Crippen molar-refractivity contribution in [2.45, 2.75) is 19.8 Å². The van der Waals surface area contributed by atoms with Crippen LogP contribution >= 0.6 is 15.9 Å². The summed E-state index contributed by atoms with van der Waals surface area (Å²) in [4.78, 5) is 29.1. The largest absolute Gasteiger partial charge is 0.360 e. The van der Waals surface area contributed by atoms with Gasteiger partial charge in [0.1, 0.15) is 0 Å². The summed E-state index contributed by atoms with van der Waals surface area (Å²) in [6, 6.07) is 5.80. The molecule has 1 fully saturated rings. The molecule has 0 spiro atoms. The maximum atomic E-state index is 12.4. The van der Waals surface area contributed by atoms with Crippen molar-refractivity contribution < 1.29 is 9.59 Å². The van der Waals surface area contributed by atoms with Gasteiger partial charge < -0.3 is 15.2 Å². The van der Waals surface area contributed by atoms with E-state index in [1.54, 1.807) is 6.20 Å². The van der Waals surface area contributed by atoms with Crippen LogP contribution in [0.4, 0.5) is 0 Å². The molecule has 122 valence electrons. The number of H-pyrrole nitrogens is 1. The fourth-order valence-electron chi connectivity index (χ4n) is 3.02. The molecule has 6 heteroatoms. The summed E-state index contributed by atoms with van der Waals surface area (Å²) in [5.74, 6) is 0.362. The molecule has 23 heavy (non-hydrogen) atoms. The lowest BCUT2D eigenvalue weighted by Crippen LogP contribution is -2.36. The first-order valence-corrected chi connectivity index (χ1v) is 8.67. The lowest BCUT2D eigenvalue weighted by atomic mass is 10.1. The summed E-state index contributed by atoms with van der Waals surface area (Å²) in [5.41, 5.74) is 1.57. The van der Waals surface area contributed by atoms with Gasteiger partial charge in [-0.05, 0) is 24.5 Å². The van der Waals surface area contributed by atoms with E-state index in [2.05, 4.69) is 33.2 Å². The predicted octanol–water partition coefficient (Wildman–Crippen LogP) is 2.92. The first kappa shape index (κ1) is 16.1. The molecule has 1 aliphatic rings. The van der Waals surface area contributed by atoms with E-state index in [9.17, 15) is 9.59 Å². The molecule has 3 rings (SSSR count). The van der Waals surface area contributed by atoms with Crippen LogP contribution < -0.4 is 5.32 Å². The quantitative estimate of drug-likeness (QED) is 0.840. The van der Waals surface area contributed by atoms with Gasteiger partial charge in [-0.25, -0.2) is 0 Å². The van der Waals surface area contributed by atoms with E-state index < -0.39 is 0 Å². The molecule has 0 bridgehead atoms. The van der Waals surface area contributed by atoms with Gasteiger partial charge in [0.25, 0.3) is 5.91 Å². The highest BCUT2D eigenvalue weighted by Gasteiger charge is 2.22. The van der Waals surface area contributed by atoms with Gasteiger partial charge in [-0.2, -0.15) is 0 Å². The Morgan fingerprint density at radius 3 is 3.04 bits per heavy atom. The number of fused-ring (bicyclic) bond motifs is 1. The Labute approximate surface area is 143 Å². The monoisotopic (exact) mass is 377 g/mol. The molecule has 0 aliphatic carbocycles. The Balaban J connectivity index is 1.61. The number of aromatic nitrogens is 1. The molecule has 0 saturated carbocycles. The third-order valence-electron chi connectivity index (χ3n) is 4.21. The van der Waals surface area contributed by atoms with Crippen molar-refractivity contribution in [3.63, 3.8) is 0 Å². The van der Waals surface area contributed by atoms with Crippen LogP contribution in [0.1, 0.15) is 30.1 Å². The zero-order chi connectivity index (χ0) is 16.4. The molecular formula is C17H20BrN3O2. The Bertz CT molecular complexity index is 741. The lowest BCUT2D eigenvalue weighted by Gasteiger charge is -2.21. The van der Waals surface area contributed by atoms with Gasteiger partial charge in [0.2, 0.25) is 5.91 Å². The highest BCUT2D eigenvalue weighted by atomic mass is 79.9. The zero-order valence-electron chi connectivity index (χ0n) is 13.1. The highest BCUT2D eigenvalue weighted by Crippen LogP contribution is 2.26. The second kappa shape index (κ2) is 6.74.